The van der Waals surface area contributed by atoms with Gasteiger partial charge in [-0.05, 0) is 54.6 Å². The largest absolute Gasteiger partial charge is 0.495 e. The lowest BCUT2D eigenvalue weighted by Crippen LogP contribution is -2.32. The number of nitrogens with zero attached hydrogens (tertiary/aromatic N) is 1. The first kappa shape index (κ1) is 18.7. The van der Waals surface area contributed by atoms with Gasteiger partial charge in [0, 0.05) is 11.4 Å². The third-order valence-electron chi connectivity index (χ3n) is 4.04. The van der Waals surface area contributed by atoms with Crippen LogP contribution in [0.2, 0.25) is 0 Å². The van der Waals surface area contributed by atoms with E-state index in [2.05, 4.69) is 0 Å². The molecule has 3 aromatic rings. The molecule has 0 saturated heterocycles. The molecule has 1 aromatic carbocycles. The SMILES string of the molecule is COc1ccc(C)cc1S(=O)(=O)N(CCc1cccs1)Cc1ccco1. The minimum absolute atomic E-state index is 0.178. The summed E-state index contributed by atoms with van der Waals surface area (Å²) in [7, 11) is -2.26. The number of ether oxygens (including phenoxy) is 1. The predicted octanol–water partition coefficient (Wildman–Crippen LogP) is 4.09. The van der Waals surface area contributed by atoms with Crippen LogP contribution >= 0.6 is 11.3 Å². The molecule has 0 aliphatic carbocycles. The van der Waals surface area contributed by atoms with Crippen molar-refractivity contribution in [3.63, 3.8) is 0 Å². The number of hydrogen-bond acceptors (Lipinski definition) is 5. The van der Waals surface area contributed by atoms with Crippen LogP contribution < -0.4 is 4.74 Å². The third kappa shape index (κ3) is 4.17. The summed E-state index contributed by atoms with van der Waals surface area (Å²) < 4.78 is 38.8. The highest BCUT2D eigenvalue weighted by Crippen LogP contribution is 2.29. The molecule has 0 fully saturated rings. The minimum Gasteiger partial charge on any atom is -0.495 e. The lowest BCUT2D eigenvalue weighted by molar-refractivity contribution is 0.360. The molecule has 0 unspecified atom stereocenters. The molecule has 0 bridgehead atoms. The van der Waals surface area contributed by atoms with Crippen LogP contribution in [-0.2, 0) is 23.0 Å². The van der Waals surface area contributed by atoms with Crippen LogP contribution in [0.25, 0.3) is 0 Å². The van der Waals surface area contributed by atoms with Crippen LogP contribution in [-0.4, -0.2) is 26.4 Å². The summed E-state index contributed by atoms with van der Waals surface area (Å²) in [6.45, 7) is 2.40. The highest BCUT2D eigenvalue weighted by atomic mass is 32.2. The monoisotopic (exact) mass is 391 g/mol. The summed E-state index contributed by atoms with van der Waals surface area (Å²) in [6.07, 6.45) is 2.19. The molecule has 2 heterocycles. The summed E-state index contributed by atoms with van der Waals surface area (Å²) in [4.78, 5) is 1.32. The van der Waals surface area contributed by atoms with E-state index in [1.165, 1.54) is 11.4 Å². The van der Waals surface area contributed by atoms with E-state index < -0.39 is 10.0 Å². The standard InChI is InChI=1S/C19H21NO4S2/c1-15-7-8-18(23-2)19(13-15)26(21,22)20(14-16-5-3-11-24-16)10-9-17-6-4-12-25-17/h3-8,11-13H,9-10,14H2,1-2H3. The van der Waals surface area contributed by atoms with E-state index in [0.717, 1.165) is 10.4 Å². The molecule has 2 aromatic heterocycles. The van der Waals surface area contributed by atoms with Gasteiger partial charge in [-0.1, -0.05) is 12.1 Å². The van der Waals surface area contributed by atoms with Gasteiger partial charge in [-0.3, -0.25) is 0 Å². The van der Waals surface area contributed by atoms with Gasteiger partial charge in [0.1, 0.15) is 16.4 Å². The zero-order valence-corrected chi connectivity index (χ0v) is 16.3. The summed E-state index contributed by atoms with van der Waals surface area (Å²) in [6, 6.07) is 12.7. The van der Waals surface area contributed by atoms with Gasteiger partial charge in [0.2, 0.25) is 10.0 Å². The summed E-state index contributed by atoms with van der Waals surface area (Å²) >= 11 is 1.62. The fraction of sp³-hybridized carbons (Fsp3) is 0.263. The molecule has 26 heavy (non-hydrogen) atoms. The second kappa shape index (κ2) is 8.07. The van der Waals surface area contributed by atoms with Gasteiger partial charge in [-0.2, -0.15) is 4.31 Å². The molecule has 0 spiro atoms. The maximum atomic E-state index is 13.4. The van der Waals surface area contributed by atoms with Gasteiger partial charge in [0.15, 0.2) is 0 Å². The molecular formula is C19H21NO4S2. The molecule has 0 amide bonds. The highest BCUT2D eigenvalue weighted by molar-refractivity contribution is 7.89. The molecular weight excluding hydrogens is 370 g/mol. The second-order valence-electron chi connectivity index (χ2n) is 5.90. The molecule has 138 valence electrons. The smallest absolute Gasteiger partial charge is 0.247 e. The number of sulfonamides is 1. The van der Waals surface area contributed by atoms with E-state index in [9.17, 15) is 8.42 Å². The van der Waals surface area contributed by atoms with Crippen molar-refractivity contribution in [3.8, 4) is 5.75 Å². The molecule has 0 saturated carbocycles. The van der Waals surface area contributed by atoms with Crippen LogP contribution in [0, 0.1) is 6.92 Å². The fourth-order valence-corrected chi connectivity index (χ4v) is 5.02. The molecule has 0 aliphatic heterocycles. The number of methoxy groups -OCH3 is 1. The average Bonchev–Trinajstić information content (AvgIpc) is 3.32. The summed E-state index contributed by atoms with van der Waals surface area (Å²) in [5.41, 5.74) is 0.862. The lowest BCUT2D eigenvalue weighted by Gasteiger charge is -2.22. The van der Waals surface area contributed by atoms with Crippen LogP contribution in [0.15, 0.2) is 63.4 Å². The highest BCUT2D eigenvalue weighted by Gasteiger charge is 2.28. The fourth-order valence-electron chi connectivity index (χ4n) is 2.67. The first-order valence-corrected chi connectivity index (χ1v) is 10.5. The molecule has 5 nitrogen and oxygen atoms in total. The van der Waals surface area contributed by atoms with Crippen molar-refractivity contribution in [1.29, 1.82) is 0 Å². The predicted molar refractivity (Wildman–Crippen MR) is 102 cm³/mol. The quantitative estimate of drug-likeness (QED) is 0.580. The van der Waals surface area contributed by atoms with Gasteiger partial charge in [0.05, 0.1) is 19.9 Å². The van der Waals surface area contributed by atoms with Gasteiger partial charge >= 0.3 is 0 Å². The molecule has 0 aliphatic rings. The molecule has 3 rings (SSSR count). The number of benzene rings is 1. The first-order chi connectivity index (χ1) is 12.5. The number of hydrogen-bond donors (Lipinski definition) is 0. The number of rotatable bonds is 8. The Hall–Kier alpha value is -2.09. The second-order valence-corrected chi connectivity index (χ2v) is 8.84. The van der Waals surface area contributed by atoms with Crippen molar-refractivity contribution < 1.29 is 17.6 Å². The van der Waals surface area contributed by atoms with Crippen molar-refractivity contribution >= 4 is 21.4 Å². The van der Waals surface area contributed by atoms with Crippen LogP contribution in [0.1, 0.15) is 16.2 Å². The van der Waals surface area contributed by atoms with Crippen LogP contribution in [0.5, 0.6) is 5.75 Å². The van der Waals surface area contributed by atoms with Gasteiger partial charge in [-0.25, -0.2) is 8.42 Å². The normalized spacial score (nSPS) is 11.8. The van der Waals surface area contributed by atoms with Crippen molar-refractivity contribution in [2.45, 2.75) is 24.8 Å². The van der Waals surface area contributed by atoms with E-state index >= 15 is 0 Å². The Kier molecular flexibility index (Phi) is 5.80. The number of furan rings is 1. The summed E-state index contributed by atoms with van der Waals surface area (Å²) in [5, 5.41) is 1.99. The number of aryl methyl sites for hydroxylation is 1. The van der Waals surface area contributed by atoms with E-state index in [1.807, 2.05) is 30.5 Å². The van der Waals surface area contributed by atoms with Crippen molar-refractivity contribution in [2.75, 3.05) is 13.7 Å². The Balaban J connectivity index is 1.94. The van der Waals surface area contributed by atoms with E-state index in [1.54, 1.807) is 41.9 Å². The minimum atomic E-state index is -3.74. The average molecular weight is 392 g/mol. The van der Waals surface area contributed by atoms with Gasteiger partial charge < -0.3 is 9.15 Å². The van der Waals surface area contributed by atoms with E-state index in [-0.39, 0.29) is 11.4 Å². The molecule has 7 heteroatoms. The van der Waals surface area contributed by atoms with Crippen LogP contribution in [0.3, 0.4) is 0 Å². The maximum absolute atomic E-state index is 13.4. The number of thiophene rings is 1. The maximum Gasteiger partial charge on any atom is 0.247 e. The van der Waals surface area contributed by atoms with Crippen molar-refractivity contribution in [1.82, 2.24) is 4.31 Å². The Labute approximate surface area is 157 Å². The van der Waals surface area contributed by atoms with Crippen molar-refractivity contribution in [3.05, 3.63) is 70.3 Å². The van der Waals surface area contributed by atoms with Gasteiger partial charge in [-0.15, -0.1) is 11.3 Å². The van der Waals surface area contributed by atoms with E-state index in [0.29, 0.717) is 24.5 Å². The Morgan fingerprint density at radius 3 is 2.69 bits per heavy atom. The Bertz CT molecular complexity index is 932. The zero-order valence-electron chi connectivity index (χ0n) is 14.7. The van der Waals surface area contributed by atoms with Crippen molar-refractivity contribution in [2.24, 2.45) is 0 Å². The molecule has 0 atom stereocenters. The Morgan fingerprint density at radius 1 is 1.19 bits per heavy atom. The van der Waals surface area contributed by atoms with Gasteiger partial charge in [0.25, 0.3) is 0 Å². The summed E-state index contributed by atoms with van der Waals surface area (Å²) in [5.74, 6) is 0.947. The third-order valence-corrected chi connectivity index (χ3v) is 6.84. The zero-order chi connectivity index (χ0) is 18.6. The topological polar surface area (TPSA) is 59.8 Å². The van der Waals surface area contributed by atoms with E-state index in [4.69, 9.17) is 9.15 Å². The first-order valence-electron chi connectivity index (χ1n) is 8.20. The molecule has 0 radical (unpaired) electrons. The molecule has 0 N–H and O–H groups in total. The lowest BCUT2D eigenvalue weighted by atomic mass is 10.2. The Morgan fingerprint density at radius 2 is 2.04 bits per heavy atom. The van der Waals surface area contributed by atoms with Crippen LogP contribution in [0.4, 0.5) is 0 Å².